The van der Waals surface area contributed by atoms with Gasteiger partial charge in [0.2, 0.25) is 21.8 Å². The standard InChI is InChI=1S/C25H31Cl2N3O4S/c1-17-21(26)13-8-14-23(17)30(35(3,33)34)16-24(31)29(15-19-9-4-7-12-22(19)27)18(2)25(32)28-20-10-5-6-11-20/h4,7-9,12-14,18,20H,5-6,10-11,15-16H2,1-3H3,(H,28,32). The average molecular weight is 541 g/mol. The smallest absolute Gasteiger partial charge is 0.244 e. The van der Waals surface area contributed by atoms with Crippen LogP contribution in [0, 0.1) is 6.92 Å². The molecule has 2 amide bonds. The number of hydrogen-bond acceptors (Lipinski definition) is 4. The van der Waals surface area contributed by atoms with Gasteiger partial charge in [-0.25, -0.2) is 8.42 Å². The molecule has 0 radical (unpaired) electrons. The Morgan fingerprint density at radius 3 is 2.31 bits per heavy atom. The number of halogens is 2. The van der Waals surface area contributed by atoms with E-state index in [4.69, 9.17) is 23.2 Å². The Morgan fingerprint density at radius 2 is 1.69 bits per heavy atom. The molecule has 0 heterocycles. The van der Waals surface area contributed by atoms with E-state index in [0.29, 0.717) is 26.9 Å². The Morgan fingerprint density at radius 1 is 1.06 bits per heavy atom. The number of hydrogen-bond donors (Lipinski definition) is 1. The minimum absolute atomic E-state index is 0.0594. The van der Waals surface area contributed by atoms with E-state index in [0.717, 1.165) is 36.2 Å². The van der Waals surface area contributed by atoms with Crippen molar-refractivity contribution in [1.29, 1.82) is 0 Å². The molecule has 1 aliphatic carbocycles. The minimum atomic E-state index is -3.83. The summed E-state index contributed by atoms with van der Waals surface area (Å²) in [7, 11) is -3.83. The Labute approximate surface area is 217 Å². The number of anilines is 1. The summed E-state index contributed by atoms with van der Waals surface area (Å²) in [5.74, 6) is -0.800. The summed E-state index contributed by atoms with van der Waals surface area (Å²) in [6.45, 7) is 2.92. The van der Waals surface area contributed by atoms with E-state index in [1.807, 2.05) is 0 Å². The highest BCUT2D eigenvalue weighted by Crippen LogP contribution is 2.29. The van der Waals surface area contributed by atoms with Gasteiger partial charge in [-0.1, -0.05) is 60.3 Å². The number of rotatable bonds is 9. The van der Waals surface area contributed by atoms with Crippen LogP contribution < -0.4 is 9.62 Å². The quantitative estimate of drug-likeness (QED) is 0.506. The van der Waals surface area contributed by atoms with Crippen LogP contribution in [0.5, 0.6) is 0 Å². The Kier molecular flexibility index (Phi) is 9.07. The number of nitrogens with one attached hydrogen (secondary N) is 1. The van der Waals surface area contributed by atoms with Gasteiger partial charge in [0.15, 0.2) is 0 Å². The number of amides is 2. The first-order chi connectivity index (χ1) is 16.5. The minimum Gasteiger partial charge on any atom is -0.352 e. The summed E-state index contributed by atoms with van der Waals surface area (Å²) in [5.41, 5.74) is 1.51. The molecule has 2 aromatic rings. The summed E-state index contributed by atoms with van der Waals surface area (Å²) >= 11 is 12.6. The van der Waals surface area contributed by atoms with Gasteiger partial charge in [0, 0.05) is 22.6 Å². The number of benzene rings is 2. The van der Waals surface area contributed by atoms with Crippen LogP contribution >= 0.6 is 23.2 Å². The first-order valence-electron chi connectivity index (χ1n) is 11.5. The molecule has 190 valence electrons. The molecule has 0 aromatic heterocycles. The summed E-state index contributed by atoms with van der Waals surface area (Å²) in [4.78, 5) is 28.1. The number of carbonyl (C=O) groups is 2. The van der Waals surface area contributed by atoms with Gasteiger partial charge in [-0.05, 0) is 56.0 Å². The van der Waals surface area contributed by atoms with Crippen LogP contribution in [-0.4, -0.2) is 50.0 Å². The van der Waals surface area contributed by atoms with E-state index in [9.17, 15) is 18.0 Å². The van der Waals surface area contributed by atoms with Crippen molar-refractivity contribution in [2.45, 2.75) is 58.2 Å². The molecule has 1 N–H and O–H groups in total. The van der Waals surface area contributed by atoms with Crippen LogP contribution in [0.25, 0.3) is 0 Å². The molecule has 35 heavy (non-hydrogen) atoms. The molecule has 2 aromatic carbocycles. The third-order valence-corrected chi connectivity index (χ3v) is 8.26. The van der Waals surface area contributed by atoms with E-state index < -0.39 is 28.5 Å². The van der Waals surface area contributed by atoms with Crippen LogP contribution in [0.3, 0.4) is 0 Å². The molecular weight excluding hydrogens is 509 g/mol. The summed E-state index contributed by atoms with van der Waals surface area (Å²) in [6, 6.07) is 11.2. The van der Waals surface area contributed by atoms with Gasteiger partial charge in [0.05, 0.1) is 11.9 Å². The molecule has 3 rings (SSSR count). The molecule has 1 aliphatic rings. The number of nitrogens with zero attached hydrogens (tertiary/aromatic N) is 2. The van der Waals surface area contributed by atoms with E-state index >= 15 is 0 Å². The van der Waals surface area contributed by atoms with Crippen molar-refractivity contribution in [3.8, 4) is 0 Å². The lowest BCUT2D eigenvalue weighted by molar-refractivity contribution is -0.139. The SMILES string of the molecule is Cc1c(Cl)cccc1N(CC(=O)N(Cc1ccccc1Cl)C(C)C(=O)NC1CCCC1)S(C)(=O)=O. The van der Waals surface area contributed by atoms with Crippen LogP contribution in [0.4, 0.5) is 5.69 Å². The van der Waals surface area contributed by atoms with E-state index in [2.05, 4.69) is 5.32 Å². The van der Waals surface area contributed by atoms with Crippen molar-refractivity contribution >= 4 is 50.7 Å². The molecule has 1 fully saturated rings. The van der Waals surface area contributed by atoms with E-state index in [1.54, 1.807) is 56.3 Å². The largest absolute Gasteiger partial charge is 0.352 e. The molecule has 7 nitrogen and oxygen atoms in total. The third kappa shape index (κ3) is 6.90. The van der Waals surface area contributed by atoms with Crippen molar-refractivity contribution in [3.63, 3.8) is 0 Å². The Hall–Kier alpha value is -2.29. The molecule has 0 saturated heterocycles. The highest BCUT2D eigenvalue weighted by atomic mass is 35.5. The maximum Gasteiger partial charge on any atom is 0.244 e. The fraction of sp³-hybridized carbons (Fsp3) is 0.440. The first-order valence-corrected chi connectivity index (χ1v) is 14.2. The molecule has 10 heteroatoms. The lowest BCUT2D eigenvalue weighted by Gasteiger charge is -2.32. The van der Waals surface area contributed by atoms with Crippen molar-refractivity contribution in [2.75, 3.05) is 17.1 Å². The Bertz CT molecular complexity index is 1180. The highest BCUT2D eigenvalue weighted by molar-refractivity contribution is 7.92. The molecule has 1 atom stereocenters. The van der Waals surface area contributed by atoms with Gasteiger partial charge in [0.1, 0.15) is 12.6 Å². The fourth-order valence-electron chi connectivity index (χ4n) is 4.25. The van der Waals surface area contributed by atoms with Gasteiger partial charge >= 0.3 is 0 Å². The molecule has 1 unspecified atom stereocenters. The zero-order valence-corrected chi connectivity index (χ0v) is 22.5. The van der Waals surface area contributed by atoms with Crippen molar-refractivity contribution in [2.24, 2.45) is 0 Å². The highest BCUT2D eigenvalue weighted by Gasteiger charge is 2.32. The predicted octanol–water partition coefficient (Wildman–Crippen LogP) is 4.54. The molecule has 0 spiro atoms. The lowest BCUT2D eigenvalue weighted by atomic mass is 10.1. The van der Waals surface area contributed by atoms with Crippen LogP contribution in [-0.2, 0) is 26.2 Å². The van der Waals surface area contributed by atoms with Crippen molar-refractivity contribution < 1.29 is 18.0 Å². The van der Waals surface area contributed by atoms with Crippen molar-refractivity contribution in [1.82, 2.24) is 10.2 Å². The van der Waals surface area contributed by atoms with Crippen molar-refractivity contribution in [3.05, 3.63) is 63.6 Å². The predicted molar refractivity (Wildman–Crippen MR) is 140 cm³/mol. The van der Waals surface area contributed by atoms with Gasteiger partial charge < -0.3 is 10.2 Å². The van der Waals surface area contributed by atoms with Crippen LogP contribution in [0.2, 0.25) is 10.0 Å². The summed E-state index contributed by atoms with van der Waals surface area (Å²) < 4.78 is 26.4. The zero-order chi connectivity index (χ0) is 25.8. The van der Waals surface area contributed by atoms with E-state index in [1.165, 1.54) is 4.90 Å². The second-order valence-corrected chi connectivity index (χ2v) is 11.7. The second-order valence-electron chi connectivity index (χ2n) is 8.93. The van der Waals surface area contributed by atoms with E-state index in [-0.39, 0.29) is 18.5 Å². The van der Waals surface area contributed by atoms with Crippen LogP contribution in [0.15, 0.2) is 42.5 Å². The topological polar surface area (TPSA) is 86.8 Å². The molecular formula is C25H31Cl2N3O4S. The normalized spacial score (nSPS) is 15.0. The van der Waals surface area contributed by atoms with Gasteiger partial charge in [0.25, 0.3) is 0 Å². The lowest BCUT2D eigenvalue weighted by Crippen LogP contribution is -2.52. The summed E-state index contributed by atoms with van der Waals surface area (Å²) in [6.07, 6.45) is 4.97. The number of carbonyl (C=O) groups excluding carboxylic acids is 2. The maximum absolute atomic E-state index is 13.6. The summed E-state index contributed by atoms with van der Waals surface area (Å²) in [5, 5.41) is 3.88. The maximum atomic E-state index is 13.6. The molecule has 0 aliphatic heterocycles. The second kappa shape index (κ2) is 11.6. The van der Waals surface area contributed by atoms with Gasteiger partial charge in [-0.3, -0.25) is 13.9 Å². The number of sulfonamides is 1. The third-order valence-electron chi connectivity index (χ3n) is 6.35. The molecule has 0 bridgehead atoms. The zero-order valence-electron chi connectivity index (χ0n) is 20.1. The van der Waals surface area contributed by atoms with Gasteiger partial charge in [-0.2, -0.15) is 0 Å². The Balaban J connectivity index is 1.92. The van der Waals surface area contributed by atoms with Crippen LogP contribution in [0.1, 0.15) is 43.7 Å². The monoisotopic (exact) mass is 539 g/mol. The average Bonchev–Trinajstić information content (AvgIpc) is 3.30. The molecule has 1 saturated carbocycles. The van der Waals surface area contributed by atoms with Gasteiger partial charge in [-0.15, -0.1) is 0 Å². The first kappa shape index (κ1) is 27.3. The fourth-order valence-corrected chi connectivity index (χ4v) is 5.51.